The first-order valence-electron chi connectivity index (χ1n) is 10.5. The second kappa shape index (κ2) is 8.00. The van der Waals surface area contributed by atoms with Crippen LogP contribution < -0.4 is 5.56 Å². The van der Waals surface area contributed by atoms with E-state index >= 15 is 0 Å². The van der Waals surface area contributed by atoms with Gasteiger partial charge in [-0.15, -0.1) is 0 Å². The van der Waals surface area contributed by atoms with Crippen LogP contribution >= 0.6 is 0 Å². The maximum Gasteiger partial charge on any atom is 0.342 e. The van der Waals surface area contributed by atoms with Gasteiger partial charge in [-0.1, -0.05) is 12.8 Å². The van der Waals surface area contributed by atoms with Crippen molar-refractivity contribution in [3.8, 4) is 0 Å². The minimum atomic E-state index is -0.618. The van der Waals surface area contributed by atoms with Crippen molar-refractivity contribution < 1.29 is 18.7 Å². The monoisotopic (exact) mass is 401 g/mol. The number of rotatable bonds is 4. The Morgan fingerprint density at radius 2 is 2.00 bits per heavy atom. The zero-order chi connectivity index (χ0) is 20.5. The highest BCUT2D eigenvalue weighted by Gasteiger charge is 2.35. The van der Waals surface area contributed by atoms with Crippen LogP contribution in [0.1, 0.15) is 61.6 Å². The van der Waals surface area contributed by atoms with Gasteiger partial charge < -0.3 is 14.1 Å². The average molecular weight is 401 g/mol. The van der Waals surface area contributed by atoms with Crippen molar-refractivity contribution in [2.24, 2.45) is 5.92 Å². The first-order chi connectivity index (χ1) is 14.0. The largest absolute Gasteiger partial charge is 0.462 e. The van der Waals surface area contributed by atoms with Crippen LogP contribution in [0.5, 0.6) is 0 Å². The quantitative estimate of drug-likeness (QED) is 0.731. The van der Waals surface area contributed by atoms with Crippen LogP contribution in [-0.2, 0) is 16.1 Å². The van der Waals surface area contributed by atoms with E-state index in [2.05, 4.69) is 4.98 Å². The Morgan fingerprint density at radius 1 is 1.24 bits per heavy atom. The van der Waals surface area contributed by atoms with Crippen molar-refractivity contribution in [1.29, 1.82) is 0 Å². The van der Waals surface area contributed by atoms with Gasteiger partial charge in [0.2, 0.25) is 11.6 Å². The number of likely N-dealkylation sites (tertiary alicyclic amines) is 1. The SMILES string of the molecule is CCOC(=O)c1c(C)oc2ncn(CC(=O)N3CCC[C@@H]4CCCC[C@H]43)c(=O)c12. The summed E-state index contributed by atoms with van der Waals surface area (Å²) in [5.74, 6) is 0.175. The number of aryl methyl sites for hydroxylation is 1. The van der Waals surface area contributed by atoms with Crippen molar-refractivity contribution in [3.63, 3.8) is 0 Å². The summed E-state index contributed by atoms with van der Waals surface area (Å²) < 4.78 is 11.8. The fraction of sp³-hybridized carbons (Fsp3) is 0.619. The number of fused-ring (bicyclic) bond motifs is 2. The molecule has 1 saturated carbocycles. The van der Waals surface area contributed by atoms with E-state index in [4.69, 9.17) is 9.15 Å². The Hall–Kier alpha value is -2.64. The lowest BCUT2D eigenvalue weighted by Gasteiger charge is -2.44. The van der Waals surface area contributed by atoms with Gasteiger partial charge in [-0.3, -0.25) is 14.2 Å². The van der Waals surface area contributed by atoms with E-state index < -0.39 is 11.5 Å². The van der Waals surface area contributed by atoms with Crippen LogP contribution in [0, 0.1) is 12.8 Å². The van der Waals surface area contributed by atoms with E-state index in [1.165, 1.54) is 30.2 Å². The van der Waals surface area contributed by atoms with Crippen molar-refractivity contribution in [3.05, 3.63) is 28.0 Å². The van der Waals surface area contributed by atoms with Crippen molar-refractivity contribution in [1.82, 2.24) is 14.5 Å². The third-order valence-corrected chi connectivity index (χ3v) is 6.20. The Morgan fingerprint density at radius 3 is 2.79 bits per heavy atom. The van der Waals surface area contributed by atoms with Crippen LogP contribution in [0.25, 0.3) is 11.1 Å². The molecule has 0 spiro atoms. The van der Waals surface area contributed by atoms with Gasteiger partial charge in [0, 0.05) is 12.6 Å². The van der Waals surface area contributed by atoms with Gasteiger partial charge in [-0.25, -0.2) is 9.78 Å². The highest BCUT2D eigenvalue weighted by atomic mass is 16.5. The fourth-order valence-corrected chi connectivity index (χ4v) is 4.87. The van der Waals surface area contributed by atoms with Crippen molar-refractivity contribution in [2.75, 3.05) is 13.2 Å². The molecule has 2 fully saturated rings. The Labute approximate surface area is 168 Å². The fourth-order valence-electron chi connectivity index (χ4n) is 4.87. The molecule has 8 nitrogen and oxygen atoms in total. The molecular weight excluding hydrogens is 374 g/mol. The predicted molar refractivity (Wildman–Crippen MR) is 106 cm³/mol. The number of esters is 1. The number of piperidine rings is 1. The minimum Gasteiger partial charge on any atom is -0.462 e. The smallest absolute Gasteiger partial charge is 0.342 e. The molecule has 4 rings (SSSR count). The summed E-state index contributed by atoms with van der Waals surface area (Å²) in [7, 11) is 0. The molecule has 0 N–H and O–H groups in total. The number of hydrogen-bond acceptors (Lipinski definition) is 6. The van der Waals surface area contributed by atoms with E-state index in [0.717, 1.165) is 25.8 Å². The van der Waals surface area contributed by atoms with E-state index in [0.29, 0.717) is 5.92 Å². The molecule has 2 aromatic rings. The molecule has 2 aromatic heterocycles. The molecule has 1 aliphatic carbocycles. The molecule has 8 heteroatoms. The summed E-state index contributed by atoms with van der Waals surface area (Å²) in [4.78, 5) is 44.5. The second-order valence-corrected chi connectivity index (χ2v) is 7.95. The van der Waals surface area contributed by atoms with Crippen molar-refractivity contribution >= 4 is 23.0 Å². The summed E-state index contributed by atoms with van der Waals surface area (Å²) in [5, 5.41) is 0.0745. The number of nitrogens with zero attached hydrogens (tertiary/aromatic N) is 3. The van der Waals surface area contributed by atoms with Crippen LogP contribution in [0.15, 0.2) is 15.5 Å². The molecule has 1 amide bonds. The summed E-state index contributed by atoms with van der Waals surface area (Å²) in [6.07, 6.45) is 8.11. The summed E-state index contributed by atoms with van der Waals surface area (Å²) in [6, 6.07) is 0.281. The maximum atomic E-state index is 13.1. The molecule has 2 aliphatic rings. The number of carbonyl (C=O) groups is 2. The summed E-state index contributed by atoms with van der Waals surface area (Å²) >= 11 is 0. The Kier molecular flexibility index (Phi) is 5.43. The van der Waals surface area contributed by atoms with Crippen molar-refractivity contribution in [2.45, 2.75) is 65.0 Å². The Bertz CT molecular complexity index is 990. The van der Waals surface area contributed by atoms with Gasteiger partial charge in [0.05, 0.1) is 6.61 Å². The first-order valence-corrected chi connectivity index (χ1v) is 10.5. The van der Waals surface area contributed by atoms with E-state index in [-0.39, 0.29) is 47.5 Å². The lowest BCUT2D eigenvalue weighted by molar-refractivity contribution is -0.138. The normalized spacial score (nSPS) is 21.8. The zero-order valence-corrected chi connectivity index (χ0v) is 17.0. The van der Waals surface area contributed by atoms with Crippen LogP contribution in [0.3, 0.4) is 0 Å². The second-order valence-electron chi connectivity index (χ2n) is 7.95. The molecule has 0 aromatic carbocycles. The molecular formula is C21H27N3O5. The lowest BCUT2D eigenvalue weighted by atomic mass is 9.78. The van der Waals surface area contributed by atoms with Gasteiger partial charge >= 0.3 is 5.97 Å². The number of amides is 1. The first kappa shape index (κ1) is 19.7. The van der Waals surface area contributed by atoms with Gasteiger partial charge in [0.15, 0.2) is 0 Å². The molecule has 1 saturated heterocycles. The van der Waals surface area contributed by atoms with Crippen LogP contribution in [0.4, 0.5) is 0 Å². The topological polar surface area (TPSA) is 94.6 Å². The highest BCUT2D eigenvalue weighted by molar-refractivity contribution is 6.03. The van der Waals surface area contributed by atoms with E-state index in [1.807, 2.05) is 4.90 Å². The van der Waals surface area contributed by atoms with Crippen LogP contribution in [0.2, 0.25) is 0 Å². The maximum absolute atomic E-state index is 13.1. The zero-order valence-electron chi connectivity index (χ0n) is 17.0. The van der Waals surface area contributed by atoms with Crippen LogP contribution in [-0.4, -0.2) is 45.5 Å². The number of furan rings is 1. The molecule has 2 atom stereocenters. The highest BCUT2D eigenvalue weighted by Crippen LogP contribution is 2.35. The van der Waals surface area contributed by atoms with Gasteiger partial charge in [0.25, 0.3) is 5.56 Å². The molecule has 3 heterocycles. The number of ether oxygens (including phenoxy) is 1. The van der Waals surface area contributed by atoms with E-state index in [9.17, 15) is 14.4 Å². The standard InChI is InChI=1S/C21H27N3O5/c1-3-28-21(27)17-13(2)29-19-18(17)20(26)23(12-22-19)11-16(25)24-10-6-8-14-7-4-5-9-15(14)24/h12,14-15H,3-11H2,1-2H3/t14-,15+/m0/s1. The minimum absolute atomic E-state index is 0.0669. The molecule has 0 unspecified atom stereocenters. The lowest BCUT2D eigenvalue weighted by Crippen LogP contribution is -2.51. The third kappa shape index (κ3) is 3.56. The van der Waals surface area contributed by atoms with Gasteiger partial charge in [-0.2, -0.15) is 0 Å². The average Bonchev–Trinajstić information content (AvgIpc) is 3.06. The third-order valence-electron chi connectivity index (χ3n) is 6.20. The Balaban J connectivity index is 1.63. The summed E-state index contributed by atoms with van der Waals surface area (Å²) in [5.41, 5.74) is -0.281. The number of carbonyl (C=O) groups excluding carboxylic acids is 2. The molecule has 1 aliphatic heterocycles. The number of hydrogen-bond donors (Lipinski definition) is 0. The molecule has 156 valence electrons. The van der Waals surface area contributed by atoms with E-state index in [1.54, 1.807) is 13.8 Å². The summed E-state index contributed by atoms with van der Waals surface area (Å²) in [6.45, 7) is 4.14. The van der Waals surface area contributed by atoms with Gasteiger partial charge in [-0.05, 0) is 45.4 Å². The molecule has 0 radical (unpaired) electrons. The molecule has 0 bridgehead atoms. The molecule has 29 heavy (non-hydrogen) atoms. The van der Waals surface area contributed by atoms with Gasteiger partial charge in [0.1, 0.15) is 29.6 Å². The number of aromatic nitrogens is 2. The predicted octanol–water partition coefficient (Wildman–Crippen LogP) is 2.66.